The summed E-state index contributed by atoms with van der Waals surface area (Å²) in [6, 6.07) is 7.06. The number of nitrogens with one attached hydrogen (secondary N) is 1. The molecule has 3 heteroatoms. The predicted octanol–water partition coefficient (Wildman–Crippen LogP) is 2.35. The van der Waals surface area contributed by atoms with Crippen LogP contribution in [0.3, 0.4) is 0 Å². The molecule has 1 aromatic rings. The summed E-state index contributed by atoms with van der Waals surface area (Å²) in [5.41, 5.74) is 2.55. The van der Waals surface area contributed by atoms with Crippen LogP contribution in [0.4, 0.5) is 0 Å². The number of rotatable bonds is 3. The highest BCUT2D eigenvalue weighted by atomic mass is 15.3. The van der Waals surface area contributed by atoms with E-state index >= 15 is 0 Å². The van der Waals surface area contributed by atoms with Crippen LogP contribution in [0.25, 0.3) is 0 Å². The van der Waals surface area contributed by atoms with Crippen LogP contribution in [-0.2, 0) is 6.54 Å². The predicted molar refractivity (Wildman–Crippen MR) is 78.0 cm³/mol. The molecule has 1 saturated heterocycles. The van der Waals surface area contributed by atoms with Crippen molar-refractivity contribution in [1.82, 2.24) is 15.2 Å². The maximum absolute atomic E-state index is 4.67. The van der Waals surface area contributed by atoms with Gasteiger partial charge in [-0.2, -0.15) is 0 Å². The second-order valence-corrected chi connectivity index (χ2v) is 6.84. The Morgan fingerprint density at radius 2 is 2.16 bits per heavy atom. The summed E-state index contributed by atoms with van der Waals surface area (Å²) in [6.45, 7) is 9.91. The third-order valence-electron chi connectivity index (χ3n) is 4.33. The van der Waals surface area contributed by atoms with Crippen LogP contribution in [-0.4, -0.2) is 34.6 Å². The summed E-state index contributed by atoms with van der Waals surface area (Å²) >= 11 is 0. The van der Waals surface area contributed by atoms with E-state index in [4.69, 9.17) is 0 Å². The fourth-order valence-electron chi connectivity index (χ4n) is 3.21. The molecule has 2 heterocycles. The molecule has 0 aromatic carbocycles. The number of aryl methyl sites for hydroxylation is 1. The number of piperazine rings is 1. The van der Waals surface area contributed by atoms with Crippen molar-refractivity contribution < 1.29 is 0 Å². The molecule has 1 N–H and O–H groups in total. The molecule has 0 amide bonds. The van der Waals surface area contributed by atoms with E-state index in [-0.39, 0.29) is 5.54 Å². The number of nitrogens with zero attached hydrogens (tertiary/aromatic N) is 2. The summed E-state index contributed by atoms with van der Waals surface area (Å²) < 4.78 is 0. The number of aromatic nitrogens is 1. The molecule has 0 radical (unpaired) electrons. The molecular formula is C16H25N3. The Morgan fingerprint density at radius 3 is 2.84 bits per heavy atom. The van der Waals surface area contributed by atoms with Crippen LogP contribution in [0.2, 0.25) is 0 Å². The van der Waals surface area contributed by atoms with Gasteiger partial charge in [0.25, 0.3) is 0 Å². The minimum absolute atomic E-state index is 0.217. The molecule has 3 rings (SSSR count). The van der Waals surface area contributed by atoms with E-state index in [2.05, 4.69) is 54.2 Å². The van der Waals surface area contributed by atoms with Crippen LogP contribution in [0.1, 0.15) is 38.1 Å². The smallest absolute Gasteiger partial charge is 0.0547 e. The van der Waals surface area contributed by atoms with Crippen LogP contribution in [0, 0.1) is 12.8 Å². The molecule has 2 fully saturated rings. The van der Waals surface area contributed by atoms with Gasteiger partial charge in [-0.1, -0.05) is 6.07 Å². The van der Waals surface area contributed by atoms with Gasteiger partial charge in [-0.25, -0.2) is 0 Å². The molecule has 0 bridgehead atoms. The lowest BCUT2D eigenvalue weighted by molar-refractivity contribution is 0.0748. The van der Waals surface area contributed by atoms with Crippen molar-refractivity contribution in [3.63, 3.8) is 0 Å². The fourth-order valence-corrected chi connectivity index (χ4v) is 3.21. The van der Waals surface area contributed by atoms with Gasteiger partial charge in [-0.15, -0.1) is 0 Å². The highest BCUT2D eigenvalue weighted by Gasteiger charge is 2.40. The molecule has 0 spiro atoms. The molecule has 19 heavy (non-hydrogen) atoms. The van der Waals surface area contributed by atoms with Gasteiger partial charge in [0.15, 0.2) is 0 Å². The zero-order chi connectivity index (χ0) is 13.5. The lowest BCUT2D eigenvalue weighted by Gasteiger charge is -2.45. The van der Waals surface area contributed by atoms with Gasteiger partial charge in [-0.05, 0) is 51.7 Å². The van der Waals surface area contributed by atoms with Gasteiger partial charge in [0.05, 0.1) is 5.69 Å². The van der Waals surface area contributed by atoms with Crippen LogP contribution in [0.5, 0.6) is 0 Å². The molecule has 1 unspecified atom stereocenters. The minimum Gasteiger partial charge on any atom is -0.309 e. The van der Waals surface area contributed by atoms with Crippen LogP contribution < -0.4 is 5.32 Å². The average molecular weight is 259 g/mol. The topological polar surface area (TPSA) is 28.2 Å². The Morgan fingerprint density at radius 1 is 1.37 bits per heavy atom. The van der Waals surface area contributed by atoms with Crippen molar-refractivity contribution in [2.45, 2.75) is 51.7 Å². The van der Waals surface area contributed by atoms with Crippen molar-refractivity contribution >= 4 is 0 Å². The van der Waals surface area contributed by atoms with E-state index in [0.29, 0.717) is 6.04 Å². The minimum atomic E-state index is 0.217. The standard InChI is InChI=1S/C16H25N3/c1-12-5-4-6-14(18-12)10-19-11-16(2,3)17-9-15(19)13-7-8-13/h4-6,13,15,17H,7-11H2,1-3H3. The summed E-state index contributed by atoms with van der Waals surface area (Å²) in [7, 11) is 0. The van der Waals surface area contributed by atoms with Crippen molar-refractivity contribution in [2.24, 2.45) is 5.92 Å². The SMILES string of the molecule is Cc1cccc(CN2CC(C)(C)NCC2C2CC2)n1. The van der Waals surface area contributed by atoms with Gasteiger partial charge in [0.2, 0.25) is 0 Å². The quantitative estimate of drug-likeness (QED) is 0.903. The van der Waals surface area contributed by atoms with E-state index in [0.717, 1.165) is 31.2 Å². The van der Waals surface area contributed by atoms with Gasteiger partial charge < -0.3 is 5.32 Å². The third-order valence-corrected chi connectivity index (χ3v) is 4.33. The third kappa shape index (κ3) is 3.15. The van der Waals surface area contributed by atoms with Crippen molar-refractivity contribution in [3.05, 3.63) is 29.6 Å². The van der Waals surface area contributed by atoms with Gasteiger partial charge >= 0.3 is 0 Å². The van der Waals surface area contributed by atoms with E-state index < -0.39 is 0 Å². The van der Waals surface area contributed by atoms with Crippen LogP contribution in [0.15, 0.2) is 18.2 Å². The number of hydrogen-bond acceptors (Lipinski definition) is 3. The van der Waals surface area contributed by atoms with Crippen molar-refractivity contribution in [3.8, 4) is 0 Å². The molecule has 2 aliphatic rings. The van der Waals surface area contributed by atoms with E-state index in [9.17, 15) is 0 Å². The van der Waals surface area contributed by atoms with E-state index in [1.54, 1.807) is 0 Å². The fraction of sp³-hybridized carbons (Fsp3) is 0.688. The molecule has 1 saturated carbocycles. The number of pyridine rings is 1. The second-order valence-electron chi connectivity index (χ2n) is 6.84. The zero-order valence-electron chi connectivity index (χ0n) is 12.3. The molecular weight excluding hydrogens is 234 g/mol. The Labute approximate surface area is 116 Å². The first-order chi connectivity index (χ1) is 9.03. The van der Waals surface area contributed by atoms with Gasteiger partial charge in [0.1, 0.15) is 0 Å². The molecule has 104 valence electrons. The van der Waals surface area contributed by atoms with E-state index in [1.165, 1.54) is 18.5 Å². The zero-order valence-corrected chi connectivity index (χ0v) is 12.3. The molecule has 3 nitrogen and oxygen atoms in total. The van der Waals surface area contributed by atoms with Crippen molar-refractivity contribution in [1.29, 1.82) is 0 Å². The van der Waals surface area contributed by atoms with Gasteiger partial charge in [0, 0.05) is 36.9 Å². The molecule has 1 aliphatic heterocycles. The lowest BCUT2D eigenvalue weighted by atomic mass is 9.96. The largest absolute Gasteiger partial charge is 0.309 e. The summed E-state index contributed by atoms with van der Waals surface area (Å²) in [6.07, 6.45) is 2.81. The highest BCUT2D eigenvalue weighted by Crippen LogP contribution is 2.37. The van der Waals surface area contributed by atoms with Crippen molar-refractivity contribution in [2.75, 3.05) is 13.1 Å². The average Bonchev–Trinajstić information content (AvgIpc) is 3.12. The highest BCUT2D eigenvalue weighted by molar-refractivity contribution is 5.11. The van der Waals surface area contributed by atoms with E-state index in [1.807, 2.05) is 0 Å². The first kappa shape index (κ1) is 13.1. The monoisotopic (exact) mass is 259 g/mol. The summed E-state index contributed by atoms with van der Waals surface area (Å²) in [5.74, 6) is 0.911. The number of hydrogen-bond donors (Lipinski definition) is 1. The normalized spacial score (nSPS) is 27.4. The first-order valence-electron chi connectivity index (χ1n) is 7.45. The maximum Gasteiger partial charge on any atom is 0.0547 e. The molecule has 1 atom stereocenters. The first-order valence-corrected chi connectivity index (χ1v) is 7.45. The Bertz CT molecular complexity index is 451. The molecule has 1 aliphatic carbocycles. The Hall–Kier alpha value is -0.930. The Kier molecular flexibility index (Phi) is 3.35. The maximum atomic E-state index is 4.67. The van der Waals surface area contributed by atoms with Gasteiger partial charge in [-0.3, -0.25) is 9.88 Å². The molecule has 1 aromatic heterocycles. The summed E-state index contributed by atoms with van der Waals surface area (Å²) in [4.78, 5) is 7.32. The second kappa shape index (κ2) is 4.88. The Balaban J connectivity index is 1.75. The summed E-state index contributed by atoms with van der Waals surface area (Å²) in [5, 5.41) is 3.69. The lowest BCUT2D eigenvalue weighted by Crippen LogP contribution is -2.61. The van der Waals surface area contributed by atoms with Crippen LogP contribution >= 0.6 is 0 Å².